The molecular formula is C15H20F2N2O. The number of carbonyl (C=O) groups excluding carboxylic acids is 1. The van der Waals surface area contributed by atoms with Crippen LogP contribution in [0.15, 0.2) is 18.2 Å². The van der Waals surface area contributed by atoms with Crippen molar-refractivity contribution < 1.29 is 13.6 Å². The number of hydrogen-bond acceptors (Lipinski definition) is 3. The molecule has 1 aromatic carbocycles. The van der Waals surface area contributed by atoms with Gasteiger partial charge in [-0.05, 0) is 26.1 Å². The summed E-state index contributed by atoms with van der Waals surface area (Å²) in [5.41, 5.74) is 0.115. The maximum Gasteiger partial charge on any atom is 0.164 e. The molecule has 20 heavy (non-hydrogen) atoms. The minimum Gasteiger partial charge on any atom is -0.301 e. The van der Waals surface area contributed by atoms with Crippen LogP contribution >= 0.6 is 0 Å². The number of hydrogen-bond donors (Lipinski definition) is 0. The quantitative estimate of drug-likeness (QED) is 0.791. The lowest BCUT2D eigenvalue weighted by Gasteiger charge is -2.37. The van der Waals surface area contributed by atoms with E-state index in [2.05, 4.69) is 23.8 Å². The third-order valence-electron chi connectivity index (χ3n) is 3.88. The summed E-state index contributed by atoms with van der Waals surface area (Å²) >= 11 is 0. The third-order valence-corrected chi connectivity index (χ3v) is 3.88. The van der Waals surface area contributed by atoms with Gasteiger partial charge in [-0.1, -0.05) is 0 Å². The Morgan fingerprint density at radius 3 is 2.50 bits per heavy atom. The van der Waals surface area contributed by atoms with Crippen molar-refractivity contribution in [1.29, 1.82) is 0 Å². The standard InChI is InChI=1S/C15H20F2N2O/c1-11-10-19(6-5-18(11)2)4-3-15(20)12-7-13(16)9-14(17)8-12/h7-9,11H,3-6,10H2,1-2H3. The first-order valence-electron chi connectivity index (χ1n) is 6.87. The molecule has 0 spiro atoms. The van der Waals surface area contributed by atoms with E-state index in [0.717, 1.165) is 37.8 Å². The number of piperazine rings is 1. The monoisotopic (exact) mass is 282 g/mol. The van der Waals surface area contributed by atoms with Crippen molar-refractivity contribution in [2.24, 2.45) is 0 Å². The minimum atomic E-state index is -0.707. The first-order chi connectivity index (χ1) is 9.45. The van der Waals surface area contributed by atoms with E-state index in [-0.39, 0.29) is 11.3 Å². The molecular weight excluding hydrogens is 262 g/mol. The lowest BCUT2D eigenvalue weighted by atomic mass is 10.1. The number of nitrogens with zero attached hydrogens (tertiary/aromatic N) is 2. The summed E-state index contributed by atoms with van der Waals surface area (Å²) < 4.78 is 26.1. The number of carbonyl (C=O) groups is 1. The maximum absolute atomic E-state index is 13.1. The Bertz CT molecular complexity index is 473. The van der Waals surface area contributed by atoms with E-state index in [1.807, 2.05) is 0 Å². The summed E-state index contributed by atoms with van der Waals surface area (Å²) in [6.45, 7) is 5.60. The SMILES string of the molecule is CC1CN(CCC(=O)c2cc(F)cc(F)c2)CCN1C. The van der Waals surface area contributed by atoms with Crippen LogP contribution in [0.2, 0.25) is 0 Å². The van der Waals surface area contributed by atoms with Crippen molar-refractivity contribution in [2.45, 2.75) is 19.4 Å². The zero-order valence-electron chi connectivity index (χ0n) is 11.9. The second-order valence-corrected chi connectivity index (χ2v) is 5.46. The molecule has 1 aliphatic heterocycles. The van der Waals surface area contributed by atoms with Crippen molar-refractivity contribution in [3.05, 3.63) is 35.4 Å². The normalized spacial score (nSPS) is 21.1. The molecule has 0 aliphatic carbocycles. The molecule has 110 valence electrons. The van der Waals surface area contributed by atoms with Crippen LogP contribution < -0.4 is 0 Å². The number of likely N-dealkylation sites (N-methyl/N-ethyl adjacent to an activating group) is 1. The highest BCUT2D eigenvalue weighted by atomic mass is 19.1. The Morgan fingerprint density at radius 2 is 1.90 bits per heavy atom. The molecule has 0 N–H and O–H groups in total. The Kier molecular flexibility index (Phi) is 4.83. The van der Waals surface area contributed by atoms with Gasteiger partial charge in [-0.3, -0.25) is 4.79 Å². The van der Waals surface area contributed by atoms with Gasteiger partial charge in [-0.2, -0.15) is 0 Å². The number of benzene rings is 1. The summed E-state index contributed by atoms with van der Waals surface area (Å²) in [7, 11) is 2.09. The molecule has 1 unspecified atom stereocenters. The number of Topliss-reactive ketones (excluding diaryl/α,β-unsaturated/α-hetero) is 1. The zero-order valence-corrected chi connectivity index (χ0v) is 11.9. The largest absolute Gasteiger partial charge is 0.301 e. The van der Waals surface area contributed by atoms with Crippen LogP contribution in [0.4, 0.5) is 8.78 Å². The van der Waals surface area contributed by atoms with Crippen LogP contribution in [0, 0.1) is 11.6 Å². The highest BCUT2D eigenvalue weighted by Gasteiger charge is 2.21. The molecule has 0 saturated carbocycles. The lowest BCUT2D eigenvalue weighted by Crippen LogP contribution is -2.50. The zero-order chi connectivity index (χ0) is 14.7. The highest BCUT2D eigenvalue weighted by molar-refractivity contribution is 5.96. The fraction of sp³-hybridized carbons (Fsp3) is 0.533. The van der Waals surface area contributed by atoms with Gasteiger partial charge in [0.05, 0.1) is 0 Å². The fourth-order valence-corrected chi connectivity index (χ4v) is 2.45. The molecule has 3 nitrogen and oxygen atoms in total. The summed E-state index contributed by atoms with van der Waals surface area (Å²) in [5.74, 6) is -1.63. The smallest absolute Gasteiger partial charge is 0.164 e. The van der Waals surface area contributed by atoms with Gasteiger partial charge in [-0.25, -0.2) is 8.78 Å². The van der Waals surface area contributed by atoms with Crippen molar-refractivity contribution in [1.82, 2.24) is 9.80 Å². The number of rotatable bonds is 4. The first-order valence-corrected chi connectivity index (χ1v) is 6.87. The molecule has 0 amide bonds. The minimum absolute atomic E-state index is 0.115. The second kappa shape index (κ2) is 6.41. The summed E-state index contributed by atoms with van der Waals surface area (Å²) in [6.07, 6.45) is 0.291. The Hall–Kier alpha value is -1.33. The average molecular weight is 282 g/mol. The molecule has 1 heterocycles. The second-order valence-electron chi connectivity index (χ2n) is 5.46. The van der Waals surface area contributed by atoms with Crippen LogP contribution in [0.25, 0.3) is 0 Å². The van der Waals surface area contributed by atoms with Crippen molar-refractivity contribution >= 4 is 5.78 Å². The molecule has 1 aromatic rings. The van der Waals surface area contributed by atoms with E-state index in [9.17, 15) is 13.6 Å². The van der Waals surface area contributed by atoms with Crippen molar-refractivity contribution in [3.8, 4) is 0 Å². The van der Waals surface area contributed by atoms with Gasteiger partial charge in [0.1, 0.15) is 11.6 Å². The lowest BCUT2D eigenvalue weighted by molar-refractivity contribution is 0.0872. The van der Waals surface area contributed by atoms with Crippen LogP contribution in [-0.4, -0.2) is 54.9 Å². The van der Waals surface area contributed by atoms with Gasteiger partial charge in [0.15, 0.2) is 5.78 Å². The van der Waals surface area contributed by atoms with E-state index >= 15 is 0 Å². The van der Waals surface area contributed by atoms with Crippen LogP contribution in [-0.2, 0) is 0 Å². The molecule has 0 aromatic heterocycles. The Morgan fingerprint density at radius 1 is 1.25 bits per heavy atom. The van der Waals surface area contributed by atoms with Gasteiger partial charge in [0.25, 0.3) is 0 Å². The molecule has 2 rings (SSSR count). The van der Waals surface area contributed by atoms with Crippen LogP contribution in [0.1, 0.15) is 23.7 Å². The molecule has 1 aliphatic rings. The van der Waals surface area contributed by atoms with Crippen molar-refractivity contribution in [2.75, 3.05) is 33.2 Å². The van der Waals surface area contributed by atoms with Crippen LogP contribution in [0.5, 0.6) is 0 Å². The molecule has 0 radical (unpaired) electrons. The number of ketones is 1. The number of halogens is 2. The fourth-order valence-electron chi connectivity index (χ4n) is 2.45. The maximum atomic E-state index is 13.1. The topological polar surface area (TPSA) is 23.6 Å². The van der Waals surface area contributed by atoms with E-state index in [1.54, 1.807) is 0 Å². The molecule has 1 fully saturated rings. The molecule has 1 atom stereocenters. The third kappa shape index (κ3) is 3.84. The average Bonchev–Trinajstić information content (AvgIpc) is 2.38. The van der Waals surface area contributed by atoms with Crippen molar-refractivity contribution in [3.63, 3.8) is 0 Å². The predicted molar refractivity (Wildman–Crippen MR) is 73.8 cm³/mol. The van der Waals surface area contributed by atoms with Gasteiger partial charge >= 0.3 is 0 Å². The van der Waals surface area contributed by atoms with Gasteiger partial charge in [-0.15, -0.1) is 0 Å². The summed E-state index contributed by atoms with van der Waals surface area (Å²) in [5, 5.41) is 0. The van der Waals surface area contributed by atoms with Gasteiger partial charge < -0.3 is 9.80 Å². The predicted octanol–water partition coefficient (Wildman–Crippen LogP) is 2.17. The molecule has 1 saturated heterocycles. The summed E-state index contributed by atoms with van der Waals surface area (Å²) in [6, 6.07) is 3.43. The Labute approximate surface area is 118 Å². The highest BCUT2D eigenvalue weighted by Crippen LogP contribution is 2.12. The van der Waals surface area contributed by atoms with E-state index < -0.39 is 11.6 Å². The Balaban J connectivity index is 1.89. The van der Waals surface area contributed by atoms with E-state index in [0.29, 0.717) is 19.0 Å². The van der Waals surface area contributed by atoms with Gasteiger partial charge in [0, 0.05) is 50.3 Å². The summed E-state index contributed by atoms with van der Waals surface area (Å²) in [4.78, 5) is 16.5. The molecule has 0 bridgehead atoms. The van der Waals surface area contributed by atoms with E-state index in [1.165, 1.54) is 0 Å². The van der Waals surface area contributed by atoms with Gasteiger partial charge in [0.2, 0.25) is 0 Å². The van der Waals surface area contributed by atoms with E-state index in [4.69, 9.17) is 0 Å². The molecule has 5 heteroatoms. The first kappa shape index (κ1) is 15.1. The van der Waals surface area contributed by atoms with Crippen LogP contribution in [0.3, 0.4) is 0 Å².